The van der Waals surface area contributed by atoms with Gasteiger partial charge in [0.25, 0.3) is 5.91 Å². The van der Waals surface area contributed by atoms with Gasteiger partial charge in [-0.2, -0.15) is 5.26 Å². The number of anilines is 1. The minimum Gasteiger partial charge on any atom is -0.493 e. The van der Waals surface area contributed by atoms with Crippen molar-refractivity contribution in [1.82, 2.24) is 0 Å². The maximum atomic E-state index is 13.0. The lowest BCUT2D eigenvalue weighted by atomic mass is 10.1. The standard InChI is InChI=1S/C22H23FN2O3/c1-3-4-5-12-28-20-11-6-16(14-21(20)27-2)13-17(15-24)22(26)25-19-9-7-18(23)8-10-19/h6-11,13-14H,3-5,12H2,1-2H3,(H,25,26). The van der Waals surface area contributed by atoms with Crippen LogP contribution in [0.15, 0.2) is 48.0 Å². The van der Waals surface area contributed by atoms with Crippen molar-refractivity contribution in [2.75, 3.05) is 19.0 Å². The largest absolute Gasteiger partial charge is 0.493 e. The second-order valence-electron chi connectivity index (χ2n) is 6.10. The monoisotopic (exact) mass is 382 g/mol. The van der Waals surface area contributed by atoms with Crippen molar-refractivity contribution < 1.29 is 18.7 Å². The quantitative estimate of drug-likeness (QED) is 0.378. The first kappa shape index (κ1) is 21.0. The molecule has 1 amide bonds. The molecule has 0 bridgehead atoms. The molecule has 0 aliphatic heterocycles. The van der Waals surface area contributed by atoms with E-state index in [1.165, 1.54) is 37.5 Å². The van der Waals surface area contributed by atoms with Crippen molar-refractivity contribution in [2.45, 2.75) is 26.2 Å². The van der Waals surface area contributed by atoms with Gasteiger partial charge in [-0.15, -0.1) is 0 Å². The van der Waals surface area contributed by atoms with Crippen molar-refractivity contribution in [3.63, 3.8) is 0 Å². The Morgan fingerprint density at radius 3 is 2.57 bits per heavy atom. The van der Waals surface area contributed by atoms with Gasteiger partial charge in [0.05, 0.1) is 13.7 Å². The zero-order valence-corrected chi connectivity index (χ0v) is 16.0. The summed E-state index contributed by atoms with van der Waals surface area (Å²) in [7, 11) is 1.54. The normalized spacial score (nSPS) is 10.9. The number of nitriles is 1. The molecule has 0 aliphatic rings. The highest BCUT2D eigenvalue weighted by atomic mass is 19.1. The molecule has 0 saturated heterocycles. The number of hydrogen-bond donors (Lipinski definition) is 1. The number of carbonyl (C=O) groups excluding carboxylic acids is 1. The van der Waals surface area contributed by atoms with Crippen LogP contribution in [0.3, 0.4) is 0 Å². The molecule has 0 aliphatic carbocycles. The fraction of sp³-hybridized carbons (Fsp3) is 0.273. The minimum atomic E-state index is -0.576. The first-order chi connectivity index (χ1) is 13.6. The molecule has 0 atom stereocenters. The third-order valence-electron chi connectivity index (χ3n) is 3.97. The molecule has 2 aromatic carbocycles. The zero-order valence-electron chi connectivity index (χ0n) is 16.0. The molecule has 6 heteroatoms. The topological polar surface area (TPSA) is 71.3 Å². The Balaban J connectivity index is 2.13. The van der Waals surface area contributed by atoms with Crippen molar-refractivity contribution in [2.24, 2.45) is 0 Å². The lowest BCUT2D eigenvalue weighted by Gasteiger charge is -2.11. The van der Waals surface area contributed by atoms with E-state index in [1.807, 2.05) is 6.07 Å². The molecule has 2 aromatic rings. The third kappa shape index (κ3) is 6.13. The van der Waals surface area contributed by atoms with Crippen molar-refractivity contribution in [1.29, 1.82) is 5.26 Å². The Kier molecular flexibility index (Phi) is 8.04. The molecule has 0 aromatic heterocycles. The number of nitrogens with one attached hydrogen (secondary N) is 1. The van der Waals surface area contributed by atoms with Gasteiger partial charge in [-0.05, 0) is 54.5 Å². The highest BCUT2D eigenvalue weighted by Gasteiger charge is 2.11. The van der Waals surface area contributed by atoms with Gasteiger partial charge in [0.1, 0.15) is 17.5 Å². The lowest BCUT2D eigenvalue weighted by Crippen LogP contribution is -2.13. The Labute approximate surface area is 164 Å². The molecular weight excluding hydrogens is 359 g/mol. The van der Waals surface area contributed by atoms with Gasteiger partial charge < -0.3 is 14.8 Å². The van der Waals surface area contributed by atoms with E-state index >= 15 is 0 Å². The first-order valence-corrected chi connectivity index (χ1v) is 9.07. The summed E-state index contributed by atoms with van der Waals surface area (Å²) < 4.78 is 24.0. The van der Waals surface area contributed by atoms with Crippen LogP contribution in [-0.2, 0) is 4.79 Å². The molecule has 0 fully saturated rings. The van der Waals surface area contributed by atoms with E-state index in [0.29, 0.717) is 29.4 Å². The van der Waals surface area contributed by atoms with Gasteiger partial charge >= 0.3 is 0 Å². The van der Waals surface area contributed by atoms with Gasteiger partial charge in [-0.3, -0.25) is 4.79 Å². The number of hydrogen-bond acceptors (Lipinski definition) is 4. The van der Waals surface area contributed by atoms with Gasteiger partial charge in [0.15, 0.2) is 11.5 Å². The SMILES string of the molecule is CCCCCOc1ccc(C=C(C#N)C(=O)Nc2ccc(F)cc2)cc1OC. The van der Waals surface area contributed by atoms with Crippen LogP contribution in [0.2, 0.25) is 0 Å². The predicted molar refractivity (Wildman–Crippen MR) is 107 cm³/mol. The fourth-order valence-corrected chi connectivity index (χ4v) is 2.47. The summed E-state index contributed by atoms with van der Waals surface area (Å²) in [6.45, 7) is 2.73. The summed E-state index contributed by atoms with van der Waals surface area (Å²) in [4.78, 5) is 12.3. The molecule has 1 N–H and O–H groups in total. The summed E-state index contributed by atoms with van der Waals surface area (Å²) in [5, 5.41) is 11.9. The van der Waals surface area contributed by atoms with E-state index in [0.717, 1.165) is 19.3 Å². The smallest absolute Gasteiger partial charge is 0.266 e. The molecule has 28 heavy (non-hydrogen) atoms. The summed E-state index contributed by atoms with van der Waals surface area (Å²) in [6.07, 6.45) is 4.63. The number of carbonyl (C=O) groups is 1. The van der Waals surface area contributed by atoms with Crippen LogP contribution in [0.25, 0.3) is 6.08 Å². The molecule has 0 radical (unpaired) electrons. The van der Waals surface area contributed by atoms with Crippen LogP contribution in [0.5, 0.6) is 11.5 Å². The van der Waals surface area contributed by atoms with Crippen LogP contribution in [-0.4, -0.2) is 19.6 Å². The van der Waals surface area contributed by atoms with E-state index in [9.17, 15) is 14.4 Å². The van der Waals surface area contributed by atoms with E-state index in [-0.39, 0.29) is 5.57 Å². The van der Waals surface area contributed by atoms with Crippen molar-refractivity contribution >= 4 is 17.7 Å². The maximum absolute atomic E-state index is 13.0. The molecule has 146 valence electrons. The molecule has 0 unspecified atom stereocenters. The number of unbranched alkanes of at least 4 members (excludes halogenated alkanes) is 2. The maximum Gasteiger partial charge on any atom is 0.266 e. The van der Waals surface area contributed by atoms with Crippen molar-refractivity contribution in [3.05, 3.63) is 59.4 Å². The van der Waals surface area contributed by atoms with Crippen LogP contribution in [0.4, 0.5) is 10.1 Å². The summed E-state index contributed by atoms with van der Waals surface area (Å²) in [5.74, 6) is 0.164. The van der Waals surface area contributed by atoms with Gasteiger partial charge in [0, 0.05) is 5.69 Å². The van der Waals surface area contributed by atoms with Crippen LogP contribution in [0, 0.1) is 17.1 Å². The average molecular weight is 382 g/mol. The number of nitrogens with zero attached hydrogens (tertiary/aromatic N) is 1. The number of benzene rings is 2. The Morgan fingerprint density at radius 1 is 1.18 bits per heavy atom. The number of halogens is 1. The number of methoxy groups -OCH3 is 1. The zero-order chi connectivity index (χ0) is 20.4. The first-order valence-electron chi connectivity index (χ1n) is 9.07. The van der Waals surface area contributed by atoms with Crippen molar-refractivity contribution in [3.8, 4) is 17.6 Å². The number of rotatable bonds is 9. The molecule has 0 spiro atoms. The highest BCUT2D eigenvalue weighted by Crippen LogP contribution is 2.29. The van der Waals surface area contributed by atoms with Crippen LogP contribution in [0.1, 0.15) is 31.7 Å². The number of ether oxygens (including phenoxy) is 2. The van der Waals surface area contributed by atoms with Gasteiger partial charge in [-0.1, -0.05) is 25.8 Å². The molecule has 2 rings (SSSR count). The summed E-state index contributed by atoms with van der Waals surface area (Å²) in [5.41, 5.74) is 0.951. The Bertz CT molecular complexity index is 870. The highest BCUT2D eigenvalue weighted by molar-refractivity contribution is 6.09. The summed E-state index contributed by atoms with van der Waals surface area (Å²) in [6, 6.07) is 12.4. The van der Waals surface area contributed by atoms with E-state index in [4.69, 9.17) is 9.47 Å². The molecule has 0 saturated carbocycles. The Morgan fingerprint density at radius 2 is 1.93 bits per heavy atom. The Hall–Kier alpha value is -3.33. The second-order valence-corrected chi connectivity index (χ2v) is 6.10. The molecule has 0 heterocycles. The van der Waals surface area contributed by atoms with Crippen LogP contribution < -0.4 is 14.8 Å². The van der Waals surface area contributed by atoms with E-state index in [1.54, 1.807) is 18.2 Å². The molecule has 5 nitrogen and oxygen atoms in total. The lowest BCUT2D eigenvalue weighted by molar-refractivity contribution is -0.112. The number of amides is 1. The fourth-order valence-electron chi connectivity index (χ4n) is 2.47. The third-order valence-corrected chi connectivity index (χ3v) is 3.97. The van der Waals surface area contributed by atoms with Crippen LogP contribution >= 0.6 is 0 Å². The van der Waals surface area contributed by atoms with E-state index < -0.39 is 11.7 Å². The molecular formula is C22H23FN2O3. The average Bonchev–Trinajstić information content (AvgIpc) is 2.71. The predicted octanol–water partition coefficient (Wildman–Crippen LogP) is 4.95. The summed E-state index contributed by atoms with van der Waals surface area (Å²) >= 11 is 0. The van der Waals surface area contributed by atoms with E-state index in [2.05, 4.69) is 12.2 Å². The minimum absolute atomic E-state index is 0.0806. The van der Waals surface area contributed by atoms with Gasteiger partial charge in [-0.25, -0.2) is 4.39 Å². The van der Waals surface area contributed by atoms with Gasteiger partial charge in [0.2, 0.25) is 0 Å². The second kappa shape index (κ2) is 10.7.